The van der Waals surface area contributed by atoms with E-state index in [9.17, 15) is 30.0 Å². The summed E-state index contributed by atoms with van der Waals surface area (Å²) in [6.45, 7) is 14.7. The van der Waals surface area contributed by atoms with Crippen molar-refractivity contribution in [2.75, 3.05) is 0 Å². The van der Waals surface area contributed by atoms with Crippen LogP contribution in [0.25, 0.3) is 0 Å². The van der Waals surface area contributed by atoms with Gasteiger partial charge in [-0.2, -0.15) is 0 Å². The molecule has 1 aliphatic heterocycles. The summed E-state index contributed by atoms with van der Waals surface area (Å²) in [7, 11) is 0. The number of aliphatic hydroxyl groups excluding tert-OH is 4. The van der Waals surface area contributed by atoms with E-state index in [-0.39, 0.29) is 41.1 Å². The Morgan fingerprint density at radius 2 is 1.74 bits per heavy atom. The number of hydrogen-bond acceptors (Lipinski definition) is 10. The van der Waals surface area contributed by atoms with Gasteiger partial charge in [0, 0.05) is 13.8 Å². The van der Waals surface area contributed by atoms with Gasteiger partial charge in [0.05, 0.1) is 30.5 Å². The van der Waals surface area contributed by atoms with Crippen LogP contribution in [-0.2, 0) is 28.5 Å². The molecule has 0 aromatic heterocycles. The molecule has 0 spiro atoms. The molecule has 47 heavy (non-hydrogen) atoms. The summed E-state index contributed by atoms with van der Waals surface area (Å²) in [6, 6.07) is 0. The van der Waals surface area contributed by atoms with Gasteiger partial charge in [0.2, 0.25) is 0 Å². The van der Waals surface area contributed by atoms with Gasteiger partial charge < -0.3 is 39.4 Å². The van der Waals surface area contributed by atoms with Crippen LogP contribution >= 0.6 is 0 Å². The van der Waals surface area contributed by atoms with Crippen LogP contribution in [0.4, 0.5) is 0 Å². The molecule has 4 aliphatic carbocycles. The zero-order valence-electron chi connectivity index (χ0n) is 29.4. The maximum atomic E-state index is 12.3. The van der Waals surface area contributed by atoms with E-state index >= 15 is 0 Å². The van der Waals surface area contributed by atoms with E-state index in [0.717, 1.165) is 24.8 Å². The fourth-order valence-corrected chi connectivity index (χ4v) is 10.6. The fourth-order valence-electron chi connectivity index (χ4n) is 10.6. The van der Waals surface area contributed by atoms with E-state index in [4.69, 9.17) is 18.9 Å². The molecule has 0 aromatic rings. The summed E-state index contributed by atoms with van der Waals surface area (Å²) < 4.78 is 24.2. The molecule has 4 N–H and O–H groups in total. The highest BCUT2D eigenvalue weighted by molar-refractivity contribution is 5.67. The molecule has 1 heterocycles. The molecule has 16 atom stereocenters. The van der Waals surface area contributed by atoms with Crippen LogP contribution in [0.5, 0.6) is 0 Å². The Hall–Kier alpha value is -1.82. The predicted octanol–water partition coefficient (Wildman–Crippen LogP) is 4.21. The summed E-state index contributed by atoms with van der Waals surface area (Å²) in [5.41, 5.74) is 1.80. The number of esters is 2. The topological polar surface area (TPSA) is 152 Å². The normalized spacial score (nSPS) is 45.7. The van der Waals surface area contributed by atoms with Gasteiger partial charge in [0.25, 0.3) is 0 Å². The minimum atomic E-state index is -1.23. The number of hydrogen-bond donors (Lipinski definition) is 4. The molecule has 266 valence electrons. The number of ether oxygens (including phenoxy) is 4. The molecule has 0 radical (unpaired) electrons. The zero-order valence-corrected chi connectivity index (χ0v) is 29.4. The maximum absolute atomic E-state index is 12.3. The van der Waals surface area contributed by atoms with Crippen molar-refractivity contribution in [1.29, 1.82) is 0 Å². The molecule has 5 rings (SSSR count). The Labute approximate surface area is 279 Å². The summed E-state index contributed by atoms with van der Waals surface area (Å²) in [6.07, 6.45) is 1.54. The Morgan fingerprint density at radius 3 is 2.38 bits per heavy atom. The van der Waals surface area contributed by atoms with E-state index in [1.165, 1.54) is 19.4 Å². The first kappa shape index (κ1) is 36.5. The number of carbonyl (C=O) groups excluding carboxylic acids is 2. The van der Waals surface area contributed by atoms with Gasteiger partial charge >= 0.3 is 11.9 Å². The molecule has 0 aromatic carbocycles. The number of rotatable bonds is 8. The highest BCUT2D eigenvalue weighted by Crippen LogP contribution is 2.68. The lowest BCUT2D eigenvalue weighted by atomic mass is 9.46. The van der Waals surface area contributed by atoms with Crippen molar-refractivity contribution in [2.45, 2.75) is 155 Å². The fraction of sp³-hybridized carbons (Fsp3) is 0.838. The molecule has 5 aliphatic rings. The molecule has 0 bridgehead atoms. The third-order valence-electron chi connectivity index (χ3n) is 12.7. The van der Waals surface area contributed by atoms with Gasteiger partial charge in [-0.1, -0.05) is 44.1 Å². The maximum Gasteiger partial charge on any atom is 0.303 e. The van der Waals surface area contributed by atoms with Gasteiger partial charge in [-0.25, -0.2) is 0 Å². The summed E-state index contributed by atoms with van der Waals surface area (Å²) >= 11 is 0. The second kappa shape index (κ2) is 13.8. The Kier molecular flexibility index (Phi) is 10.7. The van der Waals surface area contributed by atoms with Crippen molar-refractivity contribution in [2.24, 2.45) is 40.4 Å². The van der Waals surface area contributed by atoms with Gasteiger partial charge in [-0.15, -0.1) is 0 Å². The third kappa shape index (κ3) is 6.84. The van der Waals surface area contributed by atoms with Crippen molar-refractivity contribution in [3.63, 3.8) is 0 Å². The first-order valence-corrected chi connectivity index (χ1v) is 17.7. The molecule has 10 heteroatoms. The van der Waals surface area contributed by atoms with E-state index in [1.807, 2.05) is 19.9 Å². The van der Waals surface area contributed by atoms with E-state index < -0.39 is 66.4 Å². The molecular weight excluding hydrogens is 604 g/mol. The molecule has 0 amide bonds. The second-order valence-corrected chi connectivity index (χ2v) is 16.1. The molecule has 3 saturated carbocycles. The minimum Gasteiger partial charge on any atom is -0.455 e. The Morgan fingerprint density at radius 1 is 1.09 bits per heavy atom. The highest BCUT2D eigenvalue weighted by Gasteiger charge is 2.66. The molecule has 1 saturated heterocycles. The van der Waals surface area contributed by atoms with E-state index in [0.29, 0.717) is 25.7 Å². The van der Waals surface area contributed by atoms with Gasteiger partial charge in [0.1, 0.15) is 6.10 Å². The van der Waals surface area contributed by atoms with Crippen LogP contribution < -0.4 is 0 Å². The smallest absolute Gasteiger partial charge is 0.303 e. The quantitative estimate of drug-likeness (QED) is 0.220. The minimum absolute atomic E-state index is 0.0432. The van der Waals surface area contributed by atoms with Crippen molar-refractivity contribution in [1.82, 2.24) is 0 Å². The number of allylic oxidation sites excluding steroid dienone is 2. The highest BCUT2D eigenvalue weighted by atomic mass is 16.7. The average molecular weight is 663 g/mol. The second-order valence-electron chi connectivity index (χ2n) is 16.1. The molecule has 0 unspecified atom stereocenters. The lowest BCUT2D eigenvalue weighted by Crippen LogP contribution is -2.61. The summed E-state index contributed by atoms with van der Waals surface area (Å²) in [5.74, 6) is -1.27. The standard InChI is InChI=1S/C37H58O10/c1-18(2)9-12-27(41)19(3)30-29(47-35-34(46-22(6)39)33(45-21(5)38)32(43)20(4)44-35)16-26-25-11-10-23-15-24(40)13-14-36(23,7)31(25)28(42)17-37(26,30)8/h9-10,19-20,24-35,40-43H,11-17H2,1-8H3/t19-,20+,24+,25+,26+,27+,28-,29+,30+,31-,32+,33-,34-,35+,36+,37+/m1/s1. The van der Waals surface area contributed by atoms with Gasteiger partial charge in [-0.3, -0.25) is 9.59 Å². The summed E-state index contributed by atoms with van der Waals surface area (Å²) in [5, 5.41) is 45.1. The Bertz CT molecular complexity index is 1230. The molecule has 10 nitrogen and oxygen atoms in total. The first-order chi connectivity index (χ1) is 22.0. The monoisotopic (exact) mass is 662 g/mol. The van der Waals surface area contributed by atoms with Crippen LogP contribution in [0.3, 0.4) is 0 Å². The first-order valence-electron chi connectivity index (χ1n) is 17.7. The van der Waals surface area contributed by atoms with Crippen LogP contribution in [0.15, 0.2) is 23.3 Å². The van der Waals surface area contributed by atoms with Crippen LogP contribution in [-0.4, -0.2) is 87.5 Å². The molecule has 4 fully saturated rings. The number of fused-ring (bicyclic) bond motifs is 5. The van der Waals surface area contributed by atoms with Gasteiger partial charge in [-0.05, 0) is 106 Å². The molecular formula is C37H58O10. The average Bonchev–Trinajstić information content (AvgIpc) is 3.26. The van der Waals surface area contributed by atoms with Gasteiger partial charge in [0.15, 0.2) is 18.5 Å². The van der Waals surface area contributed by atoms with Crippen LogP contribution in [0.1, 0.15) is 100 Å². The summed E-state index contributed by atoms with van der Waals surface area (Å²) in [4.78, 5) is 24.3. The largest absolute Gasteiger partial charge is 0.455 e. The number of carbonyl (C=O) groups is 2. The lowest BCUT2D eigenvalue weighted by Gasteiger charge is -2.60. The van der Waals surface area contributed by atoms with Crippen molar-refractivity contribution >= 4 is 11.9 Å². The number of aliphatic hydroxyl groups is 4. The Balaban J connectivity index is 1.52. The third-order valence-corrected chi connectivity index (χ3v) is 12.7. The lowest BCUT2D eigenvalue weighted by molar-refractivity contribution is -0.313. The van der Waals surface area contributed by atoms with Crippen molar-refractivity contribution < 1.29 is 49.0 Å². The SMILES string of the molecule is CC(=O)O[C@@H]1[C@@H](O)[C@H](C)O[C@@H](O[C@H]2C[C@H]3[C@@H]4CC=C5C[C@@H](O)CC[C@]5(C)[C@H]4[C@H](O)C[C@]3(C)[C@H]2[C@H](C)[C@@H](O)CC=C(C)C)[C@@H]1OC(C)=O. The van der Waals surface area contributed by atoms with Crippen LogP contribution in [0, 0.1) is 40.4 Å². The predicted molar refractivity (Wildman–Crippen MR) is 174 cm³/mol. The van der Waals surface area contributed by atoms with Crippen LogP contribution in [0.2, 0.25) is 0 Å². The van der Waals surface area contributed by atoms with E-state index in [1.54, 1.807) is 6.92 Å². The zero-order chi connectivity index (χ0) is 34.6. The van der Waals surface area contributed by atoms with E-state index in [2.05, 4.69) is 26.8 Å². The van der Waals surface area contributed by atoms with Crippen molar-refractivity contribution in [3.05, 3.63) is 23.3 Å². The van der Waals surface area contributed by atoms with Crippen molar-refractivity contribution in [3.8, 4) is 0 Å².